The highest BCUT2D eigenvalue weighted by Gasteiger charge is 2.30. The lowest BCUT2D eigenvalue weighted by Gasteiger charge is -2.12. The quantitative estimate of drug-likeness (QED) is 0.926. The summed E-state index contributed by atoms with van der Waals surface area (Å²) in [6.07, 6.45) is 0.428. The van der Waals surface area contributed by atoms with E-state index in [1.807, 2.05) is 24.3 Å². The SMILES string of the molecule is NCCC1CN(Cc2ccc(Br)cc2)C(=O)O1. The summed E-state index contributed by atoms with van der Waals surface area (Å²) in [6, 6.07) is 7.92. The number of carbonyl (C=O) groups excluding carboxylic acids is 1. The summed E-state index contributed by atoms with van der Waals surface area (Å²) in [5.41, 5.74) is 6.55. The second kappa shape index (κ2) is 5.51. The highest BCUT2D eigenvalue weighted by molar-refractivity contribution is 9.10. The molecule has 1 fully saturated rings. The number of amides is 1. The monoisotopic (exact) mass is 298 g/mol. The zero-order valence-electron chi connectivity index (χ0n) is 9.43. The standard InChI is InChI=1S/C12H15BrN2O2/c13-10-3-1-9(2-4-10)7-15-8-11(5-6-14)17-12(15)16/h1-4,11H,5-8,14H2. The molecule has 92 valence electrons. The van der Waals surface area contributed by atoms with Gasteiger partial charge in [0.1, 0.15) is 6.10 Å². The summed E-state index contributed by atoms with van der Waals surface area (Å²) in [5, 5.41) is 0. The normalized spacial score (nSPS) is 19.5. The van der Waals surface area contributed by atoms with E-state index < -0.39 is 0 Å². The fourth-order valence-electron chi connectivity index (χ4n) is 1.85. The van der Waals surface area contributed by atoms with Crippen LogP contribution in [-0.4, -0.2) is 30.2 Å². The summed E-state index contributed by atoms with van der Waals surface area (Å²) in [6.45, 7) is 1.77. The topological polar surface area (TPSA) is 55.6 Å². The third-order valence-electron chi connectivity index (χ3n) is 2.73. The Morgan fingerprint density at radius 3 is 2.76 bits per heavy atom. The smallest absolute Gasteiger partial charge is 0.410 e. The van der Waals surface area contributed by atoms with Gasteiger partial charge in [0, 0.05) is 11.0 Å². The molecule has 0 saturated carbocycles. The van der Waals surface area contributed by atoms with Crippen LogP contribution in [0.4, 0.5) is 4.79 Å². The number of ether oxygens (including phenoxy) is 1. The van der Waals surface area contributed by atoms with E-state index in [2.05, 4.69) is 15.9 Å². The molecular formula is C12H15BrN2O2. The van der Waals surface area contributed by atoms with Gasteiger partial charge in [0.05, 0.1) is 6.54 Å². The van der Waals surface area contributed by atoms with Crippen molar-refractivity contribution in [2.75, 3.05) is 13.1 Å². The molecule has 17 heavy (non-hydrogen) atoms. The number of cyclic esters (lactones) is 1. The second-order valence-corrected chi connectivity index (χ2v) is 5.01. The van der Waals surface area contributed by atoms with Gasteiger partial charge >= 0.3 is 6.09 Å². The van der Waals surface area contributed by atoms with Gasteiger partial charge in [-0.1, -0.05) is 28.1 Å². The van der Waals surface area contributed by atoms with Crippen molar-refractivity contribution in [2.24, 2.45) is 5.73 Å². The van der Waals surface area contributed by atoms with Crippen molar-refractivity contribution in [3.05, 3.63) is 34.3 Å². The van der Waals surface area contributed by atoms with Gasteiger partial charge in [-0.3, -0.25) is 0 Å². The highest BCUT2D eigenvalue weighted by Crippen LogP contribution is 2.18. The fraction of sp³-hybridized carbons (Fsp3) is 0.417. The number of benzene rings is 1. The Labute approximate surface area is 109 Å². The average Bonchev–Trinajstić information content (AvgIpc) is 2.63. The molecule has 4 nitrogen and oxygen atoms in total. The Balaban J connectivity index is 1.95. The summed E-state index contributed by atoms with van der Waals surface area (Å²) in [5.74, 6) is 0. The minimum Gasteiger partial charge on any atom is -0.444 e. The average molecular weight is 299 g/mol. The summed E-state index contributed by atoms with van der Waals surface area (Å²) in [4.78, 5) is 13.3. The van der Waals surface area contributed by atoms with Crippen molar-refractivity contribution in [1.82, 2.24) is 4.90 Å². The van der Waals surface area contributed by atoms with Crippen LogP contribution in [0.3, 0.4) is 0 Å². The van der Waals surface area contributed by atoms with E-state index in [-0.39, 0.29) is 12.2 Å². The maximum Gasteiger partial charge on any atom is 0.410 e. The summed E-state index contributed by atoms with van der Waals surface area (Å²) >= 11 is 3.38. The Bertz CT molecular complexity index is 394. The summed E-state index contributed by atoms with van der Waals surface area (Å²) in [7, 11) is 0. The highest BCUT2D eigenvalue weighted by atomic mass is 79.9. The Kier molecular flexibility index (Phi) is 4.02. The molecule has 1 heterocycles. The van der Waals surface area contributed by atoms with Crippen molar-refractivity contribution < 1.29 is 9.53 Å². The van der Waals surface area contributed by atoms with E-state index >= 15 is 0 Å². The van der Waals surface area contributed by atoms with E-state index in [0.29, 0.717) is 19.6 Å². The van der Waals surface area contributed by atoms with Crippen LogP contribution < -0.4 is 5.73 Å². The zero-order valence-corrected chi connectivity index (χ0v) is 11.0. The molecule has 0 spiro atoms. The maximum absolute atomic E-state index is 11.6. The van der Waals surface area contributed by atoms with Crippen LogP contribution in [0, 0.1) is 0 Å². The van der Waals surface area contributed by atoms with Crippen LogP contribution in [0.15, 0.2) is 28.7 Å². The van der Waals surface area contributed by atoms with E-state index in [1.165, 1.54) is 0 Å². The van der Waals surface area contributed by atoms with E-state index in [9.17, 15) is 4.79 Å². The van der Waals surface area contributed by atoms with Gasteiger partial charge in [0.15, 0.2) is 0 Å². The van der Waals surface area contributed by atoms with Gasteiger partial charge in [0.25, 0.3) is 0 Å². The van der Waals surface area contributed by atoms with E-state index in [0.717, 1.165) is 16.5 Å². The fourth-order valence-corrected chi connectivity index (χ4v) is 2.11. The molecule has 1 amide bonds. The van der Waals surface area contributed by atoms with Crippen molar-refractivity contribution in [1.29, 1.82) is 0 Å². The molecule has 1 aromatic rings. The number of halogens is 1. The number of nitrogens with zero attached hydrogens (tertiary/aromatic N) is 1. The first-order valence-corrected chi connectivity index (χ1v) is 6.38. The van der Waals surface area contributed by atoms with Crippen LogP contribution in [0.25, 0.3) is 0 Å². The molecule has 0 aromatic heterocycles. The van der Waals surface area contributed by atoms with Crippen molar-refractivity contribution in [3.63, 3.8) is 0 Å². The Morgan fingerprint density at radius 1 is 1.41 bits per heavy atom. The first kappa shape index (κ1) is 12.4. The number of nitrogens with two attached hydrogens (primary N) is 1. The molecule has 1 aliphatic heterocycles. The minimum atomic E-state index is -0.244. The molecule has 1 aliphatic rings. The third kappa shape index (κ3) is 3.20. The van der Waals surface area contributed by atoms with Gasteiger partial charge in [-0.2, -0.15) is 0 Å². The van der Waals surface area contributed by atoms with Crippen molar-refractivity contribution in [3.8, 4) is 0 Å². The Morgan fingerprint density at radius 2 is 2.12 bits per heavy atom. The molecule has 1 unspecified atom stereocenters. The van der Waals surface area contributed by atoms with Gasteiger partial charge in [-0.05, 0) is 30.7 Å². The molecule has 1 saturated heterocycles. The number of rotatable bonds is 4. The molecule has 1 aromatic carbocycles. The maximum atomic E-state index is 11.6. The minimum absolute atomic E-state index is 0.0528. The van der Waals surface area contributed by atoms with Crippen molar-refractivity contribution in [2.45, 2.75) is 19.1 Å². The number of hydrogen-bond donors (Lipinski definition) is 1. The lowest BCUT2D eigenvalue weighted by Crippen LogP contribution is -2.25. The van der Waals surface area contributed by atoms with Crippen LogP contribution in [0.5, 0.6) is 0 Å². The van der Waals surface area contributed by atoms with E-state index in [4.69, 9.17) is 10.5 Å². The third-order valence-corrected chi connectivity index (χ3v) is 3.25. The zero-order chi connectivity index (χ0) is 12.3. The predicted molar refractivity (Wildman–Crippen MR) is 68.5 cm³/mol. The molecule has 1 atom stereocenters. The molecule has 0 radical (unpaired) electrons. The molecular weight excluding hydrogens is 284 g/mol. The number of carbonyl (C=O) groups is 1. The lowest BCUT2D eigenvalue weighted by atomic mass is 10.2. The first-order chi connectivity index (χ1) is 8.19. The van der Waals surface area contributed by atoms with E-state index in [1.54, 1.807) is 4.90 Å². The molecule has 2 rings (SSSR count). The van der Waals surface area contributed by atoms with Gasteiger partial charge in [0.2, 0.25) is 0 Å². The molecule has 0 bridgehead atoms. The first-order valence-electron chi connectivity index (χ1n) is 5.59. The van der Waals surface area contributed by atoms with Crippen LogP contribution in [0.2, 0.25) is 0 Å². The van der Waals surface area contributed by atoms with Crippen LogP contribution >= 0.6 is 15.9 Å². The summed E-state index contributed by atoms with van der Waals surface area (Å²) < 4.78 is 6.24. The van der Waals surface area contributed by atoms with Gasteiger partial charge in [-0.15, -0.1) is 0 Å². The van der Waals surface area contributed by atoms with Gasteiger partial charge < -0.3 is 15.4 Å². The molecule has 5 heteroatoms. The predicted octanol–water partition coefficient (Wildman–Crippen LogP) is 2.12. The molecule has 2 N–H and O–H groups in total. The molecule has 0 aliphatic carbocycles. The lowest BCUT2D eigenvalue weighted by molar-refractivity contribution is 0.129. The van der Waals surface area contributed by atoms with Crippen LogP contribution in [-0.2, 0) is 11.3 Å². The van der Waals surface area contributed by atoms with Gasteiger partial charge in [-0.25, -0.2) is 4.79 Å². The number of hydrogen-bond acceptors (Lipinski definition) is 3. The van der Waals surface area contributed by atoms with Crippen LogP contribution in [0.1, 0.15) is 12.0 Å². The largest absolute Gasteiger partial charge is 0.444 e. The Hall–Kier alpha value is -1.07. The second-order valence-electron chi connectivity index (χ2n) is 4.09. The van der Waals surface area contributed by atoms with Crippen molar-refractivity contribution >= 4 is 22.0 Å².